The summed E-state index contributed by atoms with van der Waals surface area (Å²) in [6.45, 7) is 8.95. The summed E-state index contributed by atoms with van der Waals surface area (Å²) in [4.78, 5) is 0. The highest BCUT2D eigenvalue weighted by atomic mass is 16.5. The molecule has 1 fully saturated rings. The second-order valence-electron chi connectivity index (χ2n) is 8.72. The van der Waals surface area contributed by atoms with E-state index in [4.69, 9.17) is 4.74 Å². The van der Waals surface area contributed by atoms with Crippen molar-refractivity contribution in [2.45, 2.75) is 58.2 Å². The lowest BCUT2D eigenvalue weighted by Crippen LogP contribution is -2.42. The molecule has 0 bridgehead atoms. The number of hydrogen-bond donors (Lipinski definition) is 0. The first kappa shape index (κ1) is 15.2. The quantitative estimate of drug-likeness (QED) is 0.615. The van der Waals surface area contributed by atoms with Crippen molar-refractivity contribution >= 4 is 6.08 Å². The minimum Gasteiger partial charge on any atom is -0.372 e. The fourth-order valence-corrected chi connectivity index (χ4v) is 5.08. The average molecular weight is 308 g/mol. The van der Waals surface area contributed by atoms with E-state index < -0.39 is 0 Å². The molecule has 5 atom stereocenters. The lowest BCUT2D eigenvalue weighted by molar-refractivity contribution is -0.0987. The number of allylic oxidation sites excluding steroid dienone is 2. The summed E-state index contributed by atoms with van der Waals surface area (Å²) < 4.78 is 6.44. The highest BCUT2D eigenvalue weighted by Gasteiger charge is 2.53. The molecule has 23 heavy (non-hydrogen) atoms. The zero-order valence-electron chi connectivity index (χ0n) is 14.8. The van der Waals surface area contributed by atoms with Gasteiger partial charge in [0.2, 0.25) is 0 Å². The Hall–Kier alpha value is -1.34. The van der Waals surface area contributed by atoms with E-state index in [1.807, 2.05) is 0 Å². The number of fused-ring (bicyclic) bond motifs is 5. The third-order valence-corrected chi connectivity index (χ3v) is 6.12. The molecule has 0 radical (unpaired) electrons. The zero-order valence-corrected chi connectivity index (χ0v) is 14.8. The molecule has 0 aliphatic heterocycles. The topological polar surface area (TPSA) is 9.23 Å². The molecule has 1 heteroatoms. The van der Waals surface area contributed by atoms with Gasteiger partial charge in [-0.3, -0.25) is 0 Å². The van der Waals surface area contributed by atoms with Gasteiger partial charge in [0, 0.05) is 11.3 Å². The van der Waals surface area contributed by atoms with Crippen molar-refractivity contribution in [1.29, 1.82) is 0 Å². The molecule has 3 aliphatic rings. The van der Waals surface area contributed by atoms with E-state index in [0.29, 0.717) is 23.9 Å². The molecular formula is C22H28O. The van der Waals surface area contributed by atoms with Crippen LogP contribution in [0.15, 0.2) is 42.5 Å². The predicted molar refractivity (Wildman–Crippen MR) is 96.3 cm³/mol. The van der Waals surface area contributed by atoms with Gasteiger partial charge in [-0.1, -0.05) is 55.5 Å². The molecule has 0 spiro atoms. The summed E-state index contributed by atoms with van der Waals surface area (Å²) in [5, 5.41) is 0. The smallest absolute Gasteiger partial charge is 0.0673 e. The van der Waals surface area contributed by atoms with Crippen molar-refractivity contribution in [2.24, 2.45) is 17.3 Å². The Bertz CT molecular complexity index is 663. The molecule has 1 aromatic rings. The van der Waals surface area contributed by atoms with Crippen LogP contribution in [-0.2, 0) is 4.74 Å². The Morgan fingerprint density at radius 3 is 2.65 bits per heavy atom. The second kappa shape index (κ2) is 5.08. The molecule has 0 unspecified atom stereocenters. The Balaban J connectivity index is 1.70. The molecule has 0 amide bonds. The molecule has 0 heterocycles. The van der Waals surface area contributed by atoms with Crippen molar-refractivity contribution in [3.05, 3.63) is 53.6 Å². The Kier molecular flexibility index (Phi) is 3.36. The highest BCUT2D eigenvalue weighted by Crippen LogP contribution is 2.58. The number of ether oxygens (including phenoxy) is 1. The second-order valence-corrected chi connectivity index (χ2v) is 8.72. The number of benzene rings is 1. The molecule has 0 N–H and O–H groups in total. The SMILES string of the molecule is CC(C)(C)O[C@H]1CC[C@H]2[C@@H]3C=Cc4ccccc4[C@@H]3C=C[C@]12C. The summed E-state index contributed by atoms with van der Waals surface area (Å²) in [6.07, 6.45) is 12.6. The van der Waals surface area contributed by atoms with Crippen LogP contribution >= 0.6 is 0 Å². The first-order valence-electron chi connectivity index (χ1n) is 9.03. The maximum absolute atomic E-state index is 6.44. The van der Waals surface area contributed by atoms with Crippen molar-refractivity contribution in [3.63, 3.8) is 0 Å². The number of rotatable bonds is 1. The van der Waals surface area contributed by atoms with Gasteiger partial charge >= 0.3 is 0 Å². The first-order chi connectivity index (χ1) is 10.9. The normalized spacial score (nSPS) is 38.1. The minimum absolute atomic E-state index is 0.0672. The van der Waals surface area contributed by atoms with E-state index in [1.54, 1.807) is 0 Å². The van der Waals surface area contributed by atoms with Crippen molar-refractivity contribution in [2.75, 3.05) is 0 Å². The van der Waals surface area contributed by atoms with Crippen LogP contribution in [-0.4, -0.2) is 11.7 Å². The predicted octanol–water partition coefficient (Wildman–Crippen LogP) is 5.58. The molecule has 0 aromatic heterocycles. The highest BCUT2D eigenvalue weighted by molar-refractivity contribution is 5.60. The summed E-state index contributed by atoms with van der Waals surface area (Å²) >= 11 is 0. The van der Waals surface area contributed by atoms with Crippen molar-refractivity contribution < 1.29 is 4.74 Å². The van der Waals surface area contributed by atoms with Gasteiger partial charge in [-0.15, -0.1) is 0 Å². The lowest BCUT2D eigenvalue weighted by atomic mass is 9.60. The van der Waals surface area contributed by atoms with Gasteiger partial charge in [0.25, 0.3) is 0 Å². The maximum atomic E-state index is 6.44. The molecule has 3 aliphatic carbocycles. The first-order valence-corrected chi connectivity index (χ1v) is 9.03. The largest absolute Gasteiger partial charge is 0.372 e. The zero-order chi connectivity index (χ0) is 16.2. The van der Waals surface area contributed by atoms with Gasteiger partial charge in [0.15, 0.2) is 0 Å². The van der Waals surface area contributed by atoms with E-state index in [1.165, 1.54) is 24.0 Å². The average Bonchev–Trinajstić information content (AvgIpc) is 2.82. The van der Waals surface area contributed by atoms with E-state index in [0.717, 1.165) is 0 Å². The van der Waals surface area contributed by atoms with E-state index >= 15 is 0 Å². The van der Waals surface area contributed by atoms with Crippen LogP contribution in [0, 0.1) is 17.3 Å². The minimum atomic E-state index is -0.0672. The summed E-state index contributed by atoms with van der Waals surface area (Å²) in [5.74, 6) is 1.85. The van der Waals surface area contributed by atoms with Gasteiger partial charge in [-0.2, -0.15) is 0 Å². The van der Waals surface area contributed by atoms with Crippen LogP contribution in [0.4, 0.5) is 0 Å². The maximum Gasteiger partial charge on any atom is 0.0673 e. The Morgan fingerprint density at radius 2 is 1.87 bits per heavy atom. The Morgan fingerprint density at radius 1 is 1.09 bits per heavy atom. The van der Waals surface area contributed by atoms with Gasteiger partial charge in [-0.05, 0) is 56.6 Å². The molecule has 0 saturated heterocycles. The third kappa shape index (κ3) is 2.41. The van der Waals surface area contributed by atoms with Crippen molar-refractivity contribution in [3.8, 4) is 0 Å². The molecular weight excluding hydrogens is 280 g/mol. The third-order valence-electron chi connectivity index (χ3n) is 6.12. The Labute approximate surface area is 140 Å². The van der Waals surface area contributed by atoms with Crippen LogP contribution in [0.3, 0.4) is 0 Å². The number of hydrogen-bond acceptors (Lipinski definition) is 1. The fourth-order valence-electron chi connectivity index (χ4n) is 5.08. The molecule has 1 nitrogen and oxygen atoms in total. The van der Waals surface area contributed by atoms with Crippen molar-refractivity contribution in [1.82, 2.24) is 0 Å². The molecule has 122 valence electrons. The van der Waals surface area contributed by atoms with Gasteiger partial charge in [-0.25, -0.2) is 0 Å². The molecule has 4 rings (SSSR count). The van der Waals surface area contributed by atoms with Gasteiger partial charge in [0.05, 0.1) is 11.7 Å². The van der Waals surface area contributed by atoms with Gasteiger partial charge < -0.3 is 4.74 Å². The van der Waals surface area contributed by atoms with E-state index in [-0.39, 0.29) is 11.0 Å². The lowest BCUT2D eigenvalue weighted by Gasteiger charge is -2.46. The van der Waals surface area contributed by atoms with Crippen LogP contribution in [0.25, 0.3) is 6.08 Å². The fraction of sp³-hybridized carbons (Fsp3) is 0.545. The summed E-state index contributed by atoms with van der Waals surface area (Å²) in [5.41, 5.74) is 2.99. The van der Waals surface area contributed by atoms with E-state index in [2.05, 4.69) is 76.3 Å². The van der Waals surface area contributed by atoms with E-state index in [9.17, 15) is 0 Å². The molecule has 1 aromatic carbocycles. The van der Waals surface area contributed by atoms with Crippen LogP contribution < -0.4 is 0 Å². The van der Waals surface area contributed by atoms with Crippen LogP contribution in [0.5, 0.6) is 0 Å². The summed E-state index contributed by atoms with van der Waals surface area (Å²) in [7, 11) is 0. The van der Waals surface area contributed by atoms with Crippen LogP contribution in [0.2, 0.25) is 0 Å². The van der Waals surface area contributed by atoms with Gasteiger partial charge in [0.1, 0.15) is 0 Å². The summed E-state index contributed by atoms with van der Waals surface area (Å²) in [6, 6.07) is 8.87. The van der Waals surface area contributed by atoms with Crippen LogP contribution in [0.1, 0.15) is 57.6 Å². The molecule has 1 saturated carbocycles. The monoisotopic (exact) mass is 308 g/mol. The standard InChI is InChI=1S/C22H28O/c1-21(2,3)23-20-12-11-19-18-10-9-15-7-5-6-8-16(15)17(18)13-14-22(19,20)4/h5-10,13-14,17-20H,11-12H2,1-4H3/t17-,18+,19-,20-,22-/m0/s1.